The van der Waals surface area contributed by atoms with Gasteiger partial charge in [0.1, 0.15) is 10.8 Å². The molecule has 2 heterocycles. The Morgan fingerprint density at radius 1 is 1.09 bits per heavy atom. The van der Waals surface area contributed by atoms with Crippen LogP contribution in [0.3, 0.4) is 0 Å². The van der Waals surface area contributed by atoms with Crippen LogP contribution in [-0.4, -0.2) is 55.8 Å². The highest BCUT2D eigenvalue weighted by atomic mass is 32.1. The topological polar surface area (TPSA) is 123 Å². The van der Waals surface area contributed by atoms with E-state index in [1.165, 1.54) is 16.2 Å². The molecule has 3 aromatic rings. The molecule has 4 N–H and O–H groups in total. The highest BCUT2D eigenvalue weighted by molar-refractivity contribution is 7.11. The van der Waals surface area contributed by atoms with Gasteiger partial charge in [-0.3, -0.25) is 9.59 Å². The number of benzene rings is 2. The largest absolute Gasteiger partial charge is 0.508 e. The normalized spacial score (nSPS) is 17.4. The lowest BCUT2D eigenvalue weighted by Crippen LogP contribution is -2.50. The van der Waals surface area contributed by atoms with Crippen molar-refractivity contribution in [1.82, 2.24) is 15.2 Å². The lowest BCUT2D eigenvalue weighted by Gasteiger charge is -2.28. The Balaban J connectivity index is 1.31. The van der Waals surface area contributed by atoms with Gasteiger partial charge in [0.25, 0.3) is 11.8 Å². The number of phenolic OH excluding ortho intramolecular Hbond substituents is 1. The molecule has 1 fully saturated rings. The lowest BCUT2D eigenvalue weighted by atomic mass is 10.0. The van der Waals surface area contributed by atoms with Gasteiger partial charge in [-0.25, -0.2) is 4.98 Å². The number of nitrogens with one attached hydrogen (secondary N) is 1. The minimum atomic E-state index is -1.88. The van der Waals surface area contributed by atoms with Crippen LogP contribution in [0.25, 0.3) is 0 Å². The van der Waals surface area contributed by atoms with Crippen molar-refractivity contribution in [3.63, 3.8) is 0 Å². The van der Waals surface area contributed by atoms with E-state index in [0.717, 1.165) is 28.8 Å². The van der Waals surface area contributed by atoms with Crippen molar-refractivity contribution in [3.05, 3.63) is 81.8 Å². The number of aromatic hydroxyl groups is 1. The first-order chi connectivity index (χ1) is 16.4. The molecule has 0 radical (unpaired) electrons. The SMILES string of the molecule is O=C(NCc1ncc(Cc2ccccc2O)s1)[C@H](O)[C@@H](O)C(=O)N1CCCC1c1ccccc1. The molecule has 0 bridgehead atoms. The fourth-order valence-electron chi connectivity index (χ4n) is 4.13. The number of carbonyl (C=O) groups excluding carboxylic acids is 2. The van der Waals surface area contributed by atoms with Crippen LogP contribution in [0.5, 0.6) is 5.75 Å². The number of hydrogen-bond acceptors (Lipinski definition) is 7. The number of aliphatic hydroxyl groups is 2. The summed E-state index contributed by atoms with van der Waals surface area (Å²) < 4.78 is 0. The van der Waals surface area contributed by atoms with E-state index in [0.29, 0.717) is 18.0 Å². The monoisotopic (exact) mass is 481 g/mol. The fourth-order valence-corrected chi connectivity index (χ4v) is 5.01. The molecule has 1 aliphatic rings. The zero-order valence-corrected chi connectivity index (χ0v) is 19.3. The van der Waals surface area contributed by atoms with Crippen molar-refractivity contribution in [2.45, 2.75) is 44.1 Å². The van der Waals surface area contributed by atoms with Crippen molar-refractivity contribution in [2.24, 2.45) is 0 Å². The van der Waals surface area contributed by atoms with Crippen molar-refractivity contribution in [1.29, 1.82) is 0 Å². The Labute approximate surface area is 201 Å². The van der Waals surface area contributed by atoms with Gasteiger partial charge in [-0.1, -0.05) is 48.5 Å². The third kappa shape index (κ3) is 5.44. The second kappa shape index (κ2) is 10.8. The minimum Gasteiger partial charge on any atom is -0.508 e. The Kier molecular flexibility index (Phi) is 7.56. The number of thiazole rings is 1. The number of para-hydroxylation sites is 1. The molecule has 2 amide bonds. The molecule has 0 aliphatic carbocycles. The summed E-state index contributed by atoms with van der Waals surface area (Å²) in [4.78, 5) is 32.0. The van der Waals surface area contributed by atoms with Crippen LogP contribution in [0.15, 0.2) is 60.8 Å². The highest BCUT2D eigenvalue weighted by Crippen LogP contribution is 2.32. The molecule has 34 heavy (non-hydrogen) atoms. The van der Waals surface area contributed by atoms with Crippen LogP contribution < -0.4 is 5.32 Å². The van der Waals surface area contributed by atoms with Gasteiger partial charge in [-0.05, 0) is 30.0 Å². The number of hydrogen-bond donors (Lipinski definition) is 4. The minimum absolute atomic E-state index is 0.0542. The first kappa shape index (κ1) is 23.9. The lowest BCUT2D eigenvalue weighted by molar-refractivity contribution is -0.153. The summed E-state index contributed by atoms with van der Waals surface area (Å²) in [5.41, 5.74) is 1.73. The van der Waals surface area contributed by atoms with Crippen LogP contribution in [0.1, 0.15) is 39.9 Å². The Bertz CT molecular complexity index is 1140. The van der Waals surface area contributed by atoms with E-state index in [1.807, 2.05) is 42.5 Å². The molecule has 0 saturated carbocycles. The van der Waals surface area contributed by atoms with E-state index >= 15 is 0 Å². The third-order valence-corrected chi connectivity index (χ3v) is 6.91. The Morgan fingerprint density at radius 2 is 1.82 bits per heavy atom. The fraction of sp³-hybridized carbons (Fsp3) is 0.320. The first-order valence-electron chi connectivity index (χ1n) is 11.1. The van der Waals surface area contributed by atoms with Gasteiger partial charge in [0.2, 0.25) is 0 Å². The molecule has 1 aromatic heterocycles. The van der Waals surface area contributed by atoms with Crippen LogP contribution in [-0.2, 0) is 22.6 Å². The smallest absolute Gasteiger partial charge is 0.255 e. The van der Waals surface area contributed by atoms with Gasteiger partial charge in [0.15, 0.2) is 12.2 Å². The van der Waals surface area contributed by atoms with Crippen LogP contribution >= 0.6 is 11.3 Å². The maximum atomic E-state index is 12.9. The van der Waals surface area contributed by atoms with E-state index in [1.54, 1.807) is 18.3 Å². The zero-order valence-electron chi connectivity index (χ0n) is 18.5. The predicted octanol–water partition coefficient (Wildman–Crippen LogP) is 2.14. The summed E-state index contributed by atoms with van der Waals surface area (Å²) in [7, 11) is 0. The molecule has 0 spiro atoms. The number of likely N-dealkylation sites (tertiary alicyclic amines) is 1. The molecule has 1 unspecified atom stereocenters. The first-order valence-corrected chi connectivity index (χ1v) is 12.0. The van der Waals surface area contributed by atoms with E-state index in [-0.39, 0.29) is 18.3 Å². The van der Waals surface area contributed by atoms with E-state index in [2.05, 4.69) is 10.3 Å². The van der Waals surface area contributed by atoms with Crippen LogP contribution in [0, 0.1) is 0 Å². The average Bonchev–Trinajstić information content (AvgIpc) is 3.53. The molecule has 8 nitrogen and oxygen atoms in total. The predicted molar refractivity (Wildman–Crippen MR) is 127 cm³/mol. The van der Waals surface area contributed by atoms with Gasteiger partial charge < -0.3 is 25.5 Å². The molecule has 4 rings (SSSR count). The maximum Gasteiger partial charge on any atom is 0.255 e. The van der Waals surface area contributed by atoms with Crippen molar-refractivity contribution >= 4 is 23.2 Å². The summed E-state index contributed by atoms with van der Waals surface area (Å²) in [6, 6.07) is 16.4. The molecule has 2 aromatic carbocycles. The van der Waals surface area contributed by atoms with Gasteiger partial charge >= 0.3 is 0 Å². The summed E-state index contributed by atoms with van der Waals surface area (Å²) in [6.45, 7) is 0.515. The molecule has 3 atom stereocenters. The third-order valence-electron chi connectivity index (χ3n) is 5.91. The number of amides is 2. The Hall–Kier alpha value is -3.27. The van der Waals surface area contributed by atoms with E-state index in [9.17, 15) is 24.9 Å². The molecule has 178 valence electrons. The molecular formula is C25H27N3O5S. The summed E-state index contributed by atoms with van der Waals surface area (Å²) in [5, 5.41) is 33.8. The molecule has 9 heteroatoms. The standard InChI is InChI=1S/C25H27N3O5S/c29-20-11-5-4-9-17(20)13-18-14-26-21(34-18)15-27-24(32)22(30)23(31)25(33)28-12-6-10-19(28)16-7-2-1-3-8-16/h1-5,7-9,11,14,19,22-23,29-31H,6,10,12-13,15H2,(H,27,32)/t19?,22-,23-/m1/s1. The summed E-state index contributed by atoms with van der Waals surface area (Å²) >= 11 is 1.37. The summed E-state index contributed by atoms with van der Waals surface area (Å²) in [6.07, 6.45) is -0.00926. The van der Waals surface area contributed by atoms with Gasteiger partial charge in [0, 0.05) is 24.0 Å². The maximum absolute atomic E-state index is 12.9. The van der Waals surface area contributed by atoms with Crippen LogP contribution in [0.2, 0.25) is 0 Å². The van der Waals surface area contributed by atoms with Crippen molar-refractivity contribution in [2.75, 3.05) is 6.54 Å². The highest BCUT2D eigenvalue weighted by Gasteiger charge is 2.38. The number of carbonyl (C=O) groups is 2. The van der Waals surface area contributed by atoms with Crippen LogP contribution in [0.4, 0.5) is 0 Å². The van der Waals surface area contributed by atoms with Crippen molar-refractivity contribution < 1.29 is 24.9 Å². The molecule has 1 aliphatic heterocycles. The quantitative estimate of drug-likeness (QED) is 0.391. The second-order valence-corrected chi connectivity index (χ2v) is 9.43. The number of nitrogens with zero attached hydrogens (tertiary/aromatic N) is 2. The Morgan fingerprint density at radius 3 is 2.59 bits per heavy atom. The second-order valence-electron chi connectivity index (χ2n) is 8.23. The molecular weight excluding hydrogens is 454 g/mol. The van der Waals surface area contributed by atoms with E-state index < -0.39 is 24.0 Å². The van der Waals surface area contributed by atoms with Gasteiger partial charge in [-0.2, -0.15) is 0 Å². The zero-order chi connectivity index (χ0) is 24.1. The molecule has 1 saturated heterocycles. The summed E-state index contributed by atoms with van der Waals surface area (Å²) in [5.74, 6) is -1.29. The van der Waals surface area contributed by atoms with Gasteiger partial charge in [0.05, 0.1) is 12.6 Å². The van der Waals surface area contributed by atoms with Gasteiger partial charge in [-0.15, -0.1) is 11.3 Å². The van der Waals surface area contributed by atoms with Crippen molar-refractivity contribution in [3.8, 4) is 5.75 Å². The average molecular weight is 482 g/mol. The number of phenols is 1. The van der Waals surface area contributed by atoms with E-state index in [4.69, 9.17) is 0 Å². The number of rotatable bonds is 8. The number of aromatic nitrogens is 1. The number of aliphatic hydroxyl groups excluding tert-OH is 2.